The summed E-state index contributed by atoms with van der Waals surface area (Å²) < 4.78 is 5.21. The van der Waals surface area contributed by atoms with E-state index in [1.807, 2.05) is 30.3 Å². The van der Waals surface area contributed by atoms with Gasteiger partial charge in [-0.15, -0.1) is 0 Å². The van der Waals surface area contributed by atoms with Gasteiger partial charge in [0.25, 0.3) is 5.91 Å². The molecule has 0 unspecified atom stereocenters. The van der Waals surface area contributed by atoms with Gasteiger partial charge >= 0.3 is 0 Å². The highest BCUT2D eigenvalue weighted by Crippen LogP contribution is 2.28. The second-order valence-corrected chi connectivity index (χ2v) is 5.40. The Morgan fingerprint density at radius 1 is 1.23 bits per heavy atom. The molecule has 0 bridgehead atoms. The number of amides is 2. The second kappa shape index (κ2) is 6.01. The van der Waals surface area contributed by atoms with Crippen molar-refractivity contribution in [3.05, 3.63) is 42.1 Å². The highest BCUT2D eigenvalue weighted by molar-refractivity contribution is 5.93. The van der Waals surface area contributed by atoms with Crippen LogP contribution >= 0.6 is 0 Å². The molecule has 0 aliphatic heterocycles. The zero-order valence-electron chi connectivity index (χ0n) is 12.2. The van der Waals surface area contributed by atoms with E-state index >= 15 is 0 Å². The number of rotatable bonds is 4. The van der Waals surface area contributed by atoms with Gasteiger partial charge in [-0.1, -0.05) is 35.5 Å². The molecular weight excluding hydrogens is 282 g/mol. The lowest BCUT2D eigenvalue weighted by molar-refractivity contribution is -0.127. The predicted octanol–water partition coefficient (Wildman–Crippen LogP) is 1.60. The van der Waals surface area contributed by atoms with Crippen molar-refractivity contribution in [3.63, 3.8) is 0 Å². The van der Waals surface area contributed by atoms with Crippen LogP contribution in [0.3, 0.4) is 0 Å². The Bertz CT molecular complexity index is 675. The highest BCUT2D eigenvalue weighted by Gasteiger charge is 2.35. The van der Waals surface area contributed by atoms with Gasteiger partial charge in [0, 0.05) is 30.6 Å². The molecule has 0 radical (unpaired) electrons. The summed E-state index contributed by atoms with van der Waals surface area (Å²) in [5.74, 6) is 0.305. The van der Waals surface area contributed by atoms with Crippen LogP contribution in [0.5, 0.6) is 0 Å². The molecule has 2 N–H and O–H groups in total. The second-order valence-electron chi connectivity index (χ2n) is 5.40. The van der Waals surface area contributed by atoms with Crippen molar-refractivity contribution in [1.29, 1.82) is 0 Å². The fourth-order valence-electron chi connectivity index (χ4n) is 2.53. The maximum Gasteiger partial charge on any atom is 0.273 e. The van der Waals surface area contributed by atoms with Crippen LogP contribution in [-0.2, 0) is 4.79 Å². The molecule has 1 saturated carbocycles. The first-order valence-corrected chi connectivity index (χ1v) is 7.22. The summed E-state index contributed by atoms with van der Waals surface area (Å²) in [5, 5.41) is 9.29. The number of benzene rings is 1. The van der Waals surface area contributed by atoms with Gasteiger partial charge < -0.3 is 15.2 Å². The van der Waals surface area contributed by atoms with Crippen LogP contribution in [0.2, 0.25) is 0 Å². The largest absolute Gasteiger partial charge is 0.359 e. The number of carbonyl (C=O) groups is 2. The minimum atomic E-state index is -0.272. The Morgan fingerprint density at radius 3 is 2.64 bits per heavy atom. The molecule has 1 aliphatic carbocycles. The molecule has 3 rings (SSSR count). The van der Waals surface area contributed by atoms with Gasteiger partial charge in [0.05, 0.1) is 0 Å². The fourth-order valence-corrected chi connectivity index (χ4v) is 2.53. The van der Waals surface area contributed by atoms with Crippen molar-refractivity contribution in [1.82, 2.24) is 15.8 Å². The summed E-state index contributed by atoms with van der Waals surface area (Å²) in [6.07, 6.45) is 1.32. The highest BCUT2D eigenvalue weighted by atomic mass is 16.5. The molecular formula is C16H17N3O3. The van der Waals surface area contributed by atoms with Crippen molar-refractivity contribution in [2.24, 2.45) is 5.92 Å². The predicted molar refractivity (Wildman–Crippen MR) is 80.0 cm³/mol. The molecule has 1 aliphatic rings. The first-order valence-electron chi connectivity index (χ1n) is 7.22. The van der Waals surface area contributed by atoms with E-state index in [0.29, 0.717) is 18.6 Å². The van der Waals surface area contributed by atoms with Gasteiger partial charge in [0.15, 0.2) is 11.5 Å². The zero-order chi connectivity index (χ0) is 15.5. The molecule has 6 heteroatoms. The van der Waals surface area contributed by atoms with E-state index in [1.165, 1.54) is 0 Å². The first-order chi connectivity index (χ1) is 10.7. The maximum absolute atomic E-state index is 12.1. The lowest BCUT2D eigenvalue weighted by Crippen LogP contribution is -2.48. The SMILES string of the molecule is CNC(=O)[C@H]1C[C@H](NC(=O)c2cc(-c3ccccc3)on2)C1. The number of hydrogen-bond donors (Lipinski definition) is 2. The van der Waals surface area contributed by atoms with Crippen LogP contribution < -0.4 is 10.6 Å². The molecule has 0 saturated heterocycles. The molecule has 1 fully saturated rings. The molecule has 0 spiro atoms. The van der Waals surface area contributed by atoms with Crippen molar-refractivity contribution in [2.75, 3.05) is 7.05 Å². The normalized spacial score (nSPS) is 20.0. The van der Waals surface area contributed by atoms with Crippen LogP contribution in [0.1, 0.15) is 23.3 Å². The Hall–Kier alpha value is -2.63. The third-order valence-corrected chi connectivity index (χ3v) is 3.89. The topological polar surface area (TPSA) is 84.2 Å². The van der Waals surface area contributed by atoms with Crippen LogP contribution in [-0.4, -0.2) is 30.1 Å². The summed E-state index contributed by atoms with van der Waals surface area (Å²) in [6, 6.07) is 11.1. The van der Waals surface area contributed by atoms with E-state index < -0.39 is 0 Å². The van der Waals surface area contributed by atoms with Crippen LogP contribution in [0.25, 0.3) is 11.3 Å². The number of nitrogens with one attached hydrogen (secondary N) is 2. The number of hydrogen-bond acceptors (Lipinski definition) is 4. The summed E-state index contributed by atoms with van der Waals surface area (Å²) in [7, 11) is 1.62. The number of nitrogens with zero attached hydrogens (tertiary/aromatic N) is 1. The molecule has 1 aromatic heterocycles. The van der Waals surface area contributed by atoms with Gasteiger partial charge in [-0.2, -0.15) is 0 Å². The molecule has 0 atom stereocenters. The van der Waals surface area contributed by atoms with Gasteiger partial charge in [0.1, 0.15) is 0 Å². The van der Waals surface area contributed by atoms with E-state index in [4.69, 9.17) is 4.52 Å². The Kier molecular flexibility index (Phi) is 3.91. The van der Waals surface area contributed by atoms with Crippen LogP contribution in [0.4, 0.5) is 0 Å². The summed E-state index contributed by atoms with van der Waals surface area (Å²) in [6.45, 7) is 0. The van der Waals surface area contributed by atoms with E-state index in [1.54, 1.807) is 13.1 Å². The summed E-state index contributed by atoms with van der Waals surface area (Å²) in [5.41, 5.74) is 1.12. The standard InChI is InChI=1S/C16H17N3O3/c1-17-15(20)11-7-12(8-11)18-16(21)13-9-14(22-19-13)10-5-3-2-4-6-10/h2-6,9,11-12H,7-8H2,1H3,(H,17,20)(H,18,21)/t11-,12-. The Labute approximate surface area is 127 Å². The number of aromatic nitrogens is 1. The fraction of sp³-hybridized carbons (Fsp3) is 0.312. The third kappa shape index (κ3) is 2.86. The van der Waals surface area contributed by atoms with Gasteiger partial charge in [0.2, 0.25) is 5.91 Å². The van der Waals surface area contributed by atoms with Crippen LogP contribution in [0, 0.1) is 5.92 Å². The minimum Gasteiger partial charge on any atom is -0.359 e. The van der Waals surface area contributed by atoms with Crippen molar-refractivity contribution >= 4 is 11.8 Å². The molecule has 1 heterocycles. The maximum atomic E-state index is 12.1. The number of carbonyl (C=O) groups excluding carboxylic acids is 2. The summed E-state index contributed by atoms with van der Waals surface area (Å²) in [4.78, 5) is 23.5. The van der Waals surface area contributed by atoms with Crippen molar-refractivity contribution in [3.8, 4) is 11.3 Å². The minimum absolute atomic E-state index is 0.00695. The van der Waals surface area contributed by atoms with Gasteiger partial charge in [-0.05, 0) is 12.8 Å². The van der Waals surface area contributed by atoms with Gasteiger partial charge in [-0.25, -0.2) is 0 Å². The average molecular weight is 299 g/mol. The van der Waals surface area contributed by atoms with Gasteiger partial charge in [-0.3, -0.25) is 9.59 Å². The van der Waals surface area contributed by atoms with Crippen molar-refractivity contribution < 1.29 is 14.1 Å². The molecule has 2 amide bonds. The lowest BCUT2D eigenvalue weighted by atomic mass is 9.79. The molecule has 22 heavy (non-hydrogen) atoms. The average Bonchev–Trinajstić information content (AvgIpc) is 3.00. The van der Waals surface area contributed by atoms with E-state index in [-0.39, 0.29) is 29.5 Å². The van der Waals surface area contributed by atoms with Crippen LogP contribution in [0.15, 0.2) is 40.9 Å². The summed E-state index contributed by atoms with van der Waals surface area (Å²) >= 11 is 0. The molecule has 6 nitrogen and oxygen atoms in total. The first kappa shape index (κ1) is 14.3. The van der Waals surface area contributed by atoms with Crippen molar-refractivity contribution in [2.45, 2.75) is 18.9 Å². The van der Waals surface area contributed by atoms with E-state index in [0.717, 1.165) is 5.56 Å². The third-order valence-electron chi connectivity index (χ3n) is 3.89. The quantitative estimate of drug-likeness (QED) is 0.898. The monoisotopic (exact) mass is 299 g/mol. The molecule has 114 valence electrons. The lowest BCUT2D eigenvalue weighted by Gasteiger charge is -2.34. The smallest absolute Gasteiger partial charge is 0.273 e. The Morgan fingerprint density at radius 2 is 1.95 bits per heavy atom. The zero-order valence-corrected chi connectivity index (χ0v) is 12.2. The molecule has 1 aromatic carbocycles. The van der Waals surface area contributed by atoms with E-state index in [2.05, 4.69) is 15.8 Å². The molecule has 2 aromatic rings. The Balaban J connectivity index is 1.58. The van der Waals surface area contributed by atoms with E-state index in [9.17, 15) is 9.59 Å².